The SMILES string of the molecule is COc1c(C)c(C)c(Br)c(C)c1CN(C)CCCC#N. The van der Waals surface area contributed by atoms with Crippen LogP contribution in [0.2, 0.25) is 0 Å². The van der Waals surface area contributed by atoms with Gasteiger partial charge in [0.15, 0.2) is 0 Å². The molecular weight excluding hydrogens is 316 g/mol. The Morgan fingerprint density at radius 3 is 2.40 bits per heavy atom. The molecule has 3 nitrogen and oxygen atoms in total. The minimum Gasteiger partial charge on any atom is -0.496 e. The molecule has 4 heteroatoms. The van der Waals surface area contributed by atoms with Crippen LogP contribution in [0.1, 0.15) is 35.1 Å². The minimum absolute atomic E-state index is 0.608. The van der Waals surface area contributed by atoms with Gasteiger partial charge in [-0.1, -0.05) is 15.9 Å². The first-order valence-corrected chi connectivity index (χ1v) is 7.60. The lowest BCUT2D eigenvalue weighted by molar-refractivity contribution is 0.313. The zero-order chi connectivity index (χ0) is 15.3. The number of hydrogen-bond donors (Lipinski definition) is 0. The molecule has 20 heavy (non-hydrogen) atoms. The summed E-state index contributed by atoms with van der Waals surface area (Å²) in [6.07, 6.45) is 1.51. The highest BCUT2D eigenvalue weighted by atomic mass is 79.9. The summed E-state index contributed by atoms with van der Waals surface area (Å²) in [4.78, 5) is 2.24. The van der Waals surface area contributed by atoms with Gasteiger partial charge in [0, 0.05) is 23.0 Å². The highest BCUT2D eigenvalue weighted by molar-refractivity contribution is 9.10. The van der Waals surface area contributed by atoms with Gasteiger partial charge in [0.1, 0.15) is 5.75 Å². The van der Waals surface area contributed by atoms with Crippen LogP contribution in [0.3, 0.4) is 0 Å². The van der Waals surface area contributed by atoms with Crippen LogP contribution in [-0.2, 0) is 6.54 Å². The van der Waals surface area contributed by atoms with Crippen molar-refractivity contribution in [2.24, 2.45) is 0 Å². The number of halogens is 1. The summed E-state index contributed by atoms with van der Waals surface area (Å²) < 4.78 is 6.78. The van der Waals surface area contributed by atoms with Gasteiger partial charge in [-0.2, -0.15) is 5.26 Å². The number of rotatable bonds is 6. The summed E-state index contributed by atoms with van der Waals surface area (Å²) in [5, 5.41) is 8.60. The predicted octanol–water partition coefficient (Wildman–Crippen LogP) is 4.12. The molecule has 0 bridgehead atoms. The molecule has 0 saturated heterocycles. The third-order valence-corrected chi connectivity index (χ3v) is 4.94. The molecule has 0 aliphatic rings. The molecule has 0 radical (unpaired) electrons. The van der Waals surface area contributed by atoms with E-state index in [2.05, 4.69) is 54.7 Å². The summed E-state index contributed by atoms with van der Waals surface area (Å²) >= 11 is 3.68. The first-order chi connectivity index (χ1) is 9.43. The van der Waals surface area contributed by atoms with Crippen LogP contribution in [0.15, 0.2) is 4.47 Å². The Bertz CT molecular complexity index is 520. The van der Waals surface area contributed by atoms with E-state index >= 15 is 0 Å². The summed E-state index contributed by atoms with van der Waals surface area (Å²) in [5.41, 5.74) is 4.87. The molecule has 1 rings (SSSR count). The number of hydrogen-bond acceptors (Lipinski definition) is 3. The second kappa shape index (κ2) is 7.66. The Hall–Kier alpha value is -1.05. The quantitative estimate of drug-likeness (QED) is 0.732. The second-order valence-electron chi connectivity index (χ2n) is 5.20. The van der Waals surface area contributed by atoms with Crippen molar-refractivity contribution in [3.8, 4) is 11.8 Å². The van der Waals surface area contributed by atoms with E-state index in [0.29, 0.717) is 6.42 Å². The topological polar surface area (TPSA) is 36.3 Å². The second-order valence-corrected chi connectivity index (χ2v) is 5.99. The minimum atomic E-state index is 0.608. The Morgan fingerprint density at radius 2 is 1.85 bits per heavy atom. The zero-order valence-corrected chi connectivity index (χ0v) is 14.6. The lowest BCUT2D eigenvalue weighted by Gasteiger charge is -2.23. The van der Waals surface area contributed by atoms with Gasteiger partial charge >= 0.3 is 0 Å². The molecule has 1 aromatic carbocycles. The molecular formula is C16H23BrN2O. The molecule has 0 heterocycles. The van der Waals surface area contributed by atoms with Gasteiger partial charge in [-0.05, 0) is 57.5 Å². The molecule has 0 aliphatic heterocycles. The normalized spacial score (nSPS) is 10.7. The van der Waals surface area contributed by atoms with Crippen molar-refractivity contribution >= 4 is 15.9 Å². The molecule has 0 aromatic heterocycles. The van der Waals surface area contributed by atoms with E-state index in [1.54, 1.807) is 7.11 Å². The van der Waals surface area contributed by atoms with E-state index in [4.69, 9.17) is 10.00 Å². The van der Waals surface area contributed by atoms with Gasteiger partial charge in [0.05, 0.1) is 13.2 Å². The molecule has 0 saturated carbocycles. The fourth-order valence-electron chi connectivity index (χ4n) is 2.39. The lowest BCUT2D eigenvalue weighted by Crippen LogP contribution is -2.20. The van der Waals surface area contributed by atoms with Crippen LogP contribution >= 0.6 is 15.9 Å². The Kier molecular flexibility index (Phi) is 6.51. The van der Waals surface area contributed by atoms with Crippen molar-refractivity contribution in [3.63, 3.8) is 0 Å². The summed E-state index contributed by atoms with van der Waals surface area (Å²) in [7, 11) is 3.81. The molecule has 0 fully saturated rings. The number of unbranched alkanes of at least 4 members (excludes halogenated alkanes) is 1. The van der Waals surface area contributed by atoms with Crippen molar-refractivity contribution in [2.75, 3.05) is 20.7 Å². The van der Waals surface area contributed by atoms with Gasteiger partial charge < -0.3 is 9.64 Å². The third-order valence-electron chi connectivity index (χ3n) is 3.75. The maximum atomic E-state index is 8.60. The maximum absolute atomic E-state index is 8.60. The van der Waals surface area contributed by atoms with Crippen molar-refractivity contribution in [1.29, 1.82) is 5.26 Å². The summed E-state index contributed by atoms with van der Waals surface area (Å²) in [5.74, 6) is 0.982. The number of ether oxygens (including phenoxy) is 1. The molecule has 0 aliphatic carbocycles. The number of nitrogens with zero attached hydrogens (tertiary/aromatic N) is 2. The Labute approximate surface area is 130 Å². The average Bonchev–Trinajstić information content (AvgIpc) is 2.43. The Morgan fingerprint density at radius 1 is 1.20 bits per heavy atom. The molecule has 0 unspecified atom stereocenters. The van der Waals surface area contributed by atoms with Gasteiger partial charge in [-0.15, -0.1) is 0 Å². The van der Waals surface area contributed by atoms with Gasteiger partial charge in [0.2, 0.25) is 0 Å². The van der Waals surface area contributed by atoms with Gasteiger partial charge in [-0.25, -0.2) is 0 Å². The van der Waals surface area contributed by atoms with E-state index < -0.39 is 0 Å². The molecule has 0 spiro atoms. The Balaban J connectivity index is 3.03. The number of nitriles is 1. The van der Waals surface area contributed by atoms with Crippen LogP contribution < -0.4 is 4.74 Å². The van der Waals surface area contributed by atoms with Crippen molar-refractivity contribution in [1.82, 2.24) is 4.90 Å². The molecule has 0 atom stereocenters. The first-order valence-electron chi connectivity index (χ1n) is 6.81. The van der Waals surface area contributed by atoms with Crippen molar-refractivity contribution in [2.45, 2.75) is 40.2 Å². The van der Waals surface area contributed by atoms with Crippen LogP contribution in [-0.4, -0.2) is 25.6 Å². The van der Waals surface area contributed by atoms with Crippen LogP contribution in [0.4, 0.5) is 0 Å². The van der Waals surface area contributed by atoms with E-state index in [0.717, 1.165) is 29.7 Å². The van der Waals surface area contributed by atoms with Crippen molar-refractivity contribution in [3.05, 3.63) is 26.7 Å². The standard InChI is InChI=1S/C16H23BrN2O/c1-11-12(2)16(20-5)14(13(3)15(11)17)10-19(4)9-7-6-8-18/h6-7,9-10H2,1-5H3. The van der Waals surface area contributed by atoms with Crippen molar-refractivity contribution < 1.29 is 4.74 Å². The molecule has 0 amide bonds. The fourth-order valence-corrected chi connectivity index (χ4v) is 2.93. The molecule has 1 aromatic rings. The van der Waals surface area contributed by atoms with Crippen LogP contribution in [0, 0.1) is 32.1 Å². The van der Waals surface area contributed by atoms with Gasteiger partial charge in [0.25, 0.3) is 0 Å². The van der Waals surface area contributed by atoms with Crippen LogP contribution in [0.5, 0.6) is 5.75 Å². The first kappa shape index (κ1) is 17.0. The fraction of sp³-hybridized carbons (Fsp3) is 0.562. The molecule has 0 N–H and O–H groups in total. The van der Waals surface area contributed by atoms with E-state index in [1.807, 2.05) is 0 Å². The third kappa shape index (κ3) is 3.74. The zero-order valence-electron chi connectivity index (χ0n) is 13.0. The smallest absolute Gasteiger partial charge is 0.126 e. The number of methoxy groups -OCH3 is 1. The van der Waals surface area contributed by atoms with E-state index in [-0.39, 0.29) is 0 Å². The highest BCUT2D eigenvalue weighted by Crippen LogP contribution is 2.36. The van der Waals surface area contributed by atoms with E-state index in [1.165, 1.54) is 22.3 Å². The summed E-state index contributed by atoms with van der Waals surface area (Å²) in [6.45, 7) is 8.07. The average molecular weight is 339 g/mol. The molecule has 110 valence electrons. The predicted molar refractivity (Wildman–Crippen MR) is 86.1 cm³/mol. The van der Waals surface area contributed by atoms with Gasteiger partial charge in [-0.3, -0.25) is 0 Å². The summed E-state index contributed by atoms with van der Waals surface area (Å²) in [6, 6.07) is 2.19. The monoisotopic (exact) mass is 338 g/mol. The largest absolute Gasteiger partial charge is 0.496 e. The van der Waals surface area contributed by atoms with E-state index in [9.17, 15) is 0 Å². The number of benzene rings is 1. The lowest BCUT2D eigenvalue weighted by atomic mass is 9.98. The highest BCUT2D eigenvalue weighted by Gasteiger charge is 2.17. The van der Waals surface area contributed by atoms with Crippen LogP contribution in [0.25, 0.3) is 0 Å². The maximum Gasteiger partial charge on any atom is 0.126 e.